The van der Waals surface area contributed by atoms with Gasteiger partial charge in [0, 0.05) is 6.54 Å². The van der Waals surface area contributed by atoms with Crippen molar-refractivity contribution in [2.45, 2.75) is 12.0 Å². The van der Waals surface area contributed by atoms with Crippen LogP contribution < -0.4 is 15.2 Å². The zero-order chi connectivity index (χ0) is 15.6. The van der Waals surface area contributed by atoms with E-state index in [0.29, 0.717) is 17.1 Å². The van der Waals surface area contributed by atoms with E-state index in [9.17, 15) is 13.2 Å². The van der Waals surface area contributed by atoms with Gasteiger partial charge in [-0.25, -0.2) is 8.42 Å². The molecule has 1 aliphatic rings. The van der Waals surface area contributed by atoms with Gasteiger partial charge >= 0.3 is 5.97 Å². The second-order valence-electron chi connectivity index (χ2n) is 4.85. The van der Waals surface area contributed by atoms with E-state index in [2.05, 4.69) is 0 Å². The molecule has 1 aromatic carbocycles. The summed E-state index contributed by atoms with van der Waals surface area (Å²) in [6.45, 7) is -0.0282. The number of hydrogen-bond acceptors (Lipinski definition) is 6. The van der Waals surface area contributed by atoms with E-state index in [0.717, 1.165) is 0 Å². The van der Waals surface area contributed by atoms with Crippen LogP contribution in [0.25, 0.3) is 0 Å². The van der Waals surface area contributed by atoms with Gasteiger partial charge in [0.05, 0.1) is 24.5 Å². The first-order valence-corrected chi connectivity index (χ1v) is 8.16. The maximum atomic E-state index is 11.1. The van der Waals surface area contributed by atoms with Crippen molar-refractivity contribution in [2.75, 3.05) is 25.2 Å². The molecular formula is C13H17NO6S. The molecule has 0 aliphatic carbocycles. The van der Waals surface area contributed by atoms with Crippen molar-refractivity contribution in [1.82, 2.24) is 0 Å². The number of methoxy groups -OCH3 is 1. The van der Waals surface area contributed by atoms with Gasteiger partial charge in [-0.05, 0) is 17.7 Å². The molecule has 0 radical (unpaired) electrons. The summed E-state index contributed by atoms with van der Waals surface area (Å²) in [7, 11) is -1.53. The lowest BCUT2D eigenvalue weighted by Gasteiger charge is -2.27. The van der Waals surface area contributed by atoms with Crippen LogP contribution in [-0.2, 0) is 14.6 Å². The van der Waals surface area contributed by atoms with Gasteiger partial charge in [-0.15, -0.1) is 0 Å². The zero-order valence-corrected chi connectivity index (χ0v) is 12.3. The number of rotatable bonds is 6. The number of ether oxygens (including phenoxy) is 2. The maximum absolute atomic E-state index is 11.1. The molecule has 0 aromatic heterocycles. The average molecular weight is 315 g/mol. The van der Waals surface area contributed by atoms with Gasteiger partial charge in [0.25, 0.3) is 0 Å². The van der Waals surface area contributed by atoms with Crippen molar-refractivity contribution in [1.29, 1.82) is 0 Å². The van der Waals surface area contributed by atoms with E-state index in [-0.39, 0.29) is 24.2 Å². The van der Waals surface area contributed by atoms with Crippen LogP contribution in [0.4, 0.5) is 0 Å². The number of sulfone groups is 1. The molecule has 116 valence electrons. The van der Waals surface area contributed by atoms with Gasteiger partial charge in [0.15, 0.2) is 21.3 Å². The molecule has 1 atom stereocenters. The number of carboxylic acids is 1. The third-order valence-corrected chi connectivity index (χ3v) is 5.06. The fourth-order valence-corrected chi connectivity index (χ4v) is 3.31. The van der Waals surface area contributed by atoms with Crippen LogP contribution in [0.15, 0.2) is 18.2 Å². The molecule has 1 saturated heterocycles. The first-order chi connectivity index (χ1) is 9.86. The molecule has 21 heavy (non-hydrogen) atoms. The minimum absolute atomic E-state index is 0.0154. The maximum Gasteiger partial charge on any atom is 0.312 e. The van der Waals surface area contributed by atoms with Crippen LogP contribution in [0.5, 0.6) is 11.5 Å². The number of carbonyl (C=O) groups is 1. The summed E-state index contributed by atoms with van der Waals surface area (Å²) in [5.74, 6) is -1.12. The SMILES string of the molecule is COc1cc(C(CN)C(=O)O)ccc1OC1CS(=O)(=O)C1. The van der Waals surface area contributed by atoms with Crippen molar-refractivity contribution in [3.63, 3.8) is 0 Å². The second-order valence-corrected chi connectivity index (χ2v) is 7.01. The number of carboxylic acid groups (broad SMARTS) is 1. The summed E-state index contributed by atoms with van der Waals surface area (Å²) in [6.07, 6.45) is -0.389. The molecule has 0 saturated carbocycles. The van der Waals surface area contributed by atoms with E-state index in [1.165, 1.54) is 7.11 Å². The normalized spacial score (nSPS) is 18.6. The van der Waals surface area contributed by atoms with Crippen LogP contribution in [0.2, 0.25) is 0 Å². The van der Waals surface area contributed by atoms with Crippen LogP contribution in [0, 0.1) is 0 Å². The zero-order valence-electron chi connectivity index (χ0n) is 11.5. The van der Waals surface area contributed by atoms with Crippen molar-refractivity contribution in [2.24, 2.45) is 5.73 Å². The Balaban J connectivity index is 2.18. The van der Waals surface area contributed by atoms with Gasteiger partial charge in [-0.3, -0.25) is 4.79 Å². The molecular weight excluding hydrogens is 298 g/mol. The van der Waals surface area contributed by atoms with Crippen LogP contribution in [0.1, 0.15) is 11.5 Å². The van der Waals surface area contributed by atoms with Gasteiger partial charge in [0.2, 0.25) is 0 Å². The Morgan fingerprint density at radius 3 is 2.57 bits per heavy atom. The lowest BCUT2D eigenvalue weighted by molar-refractivity contribution is -0.138. The van der Waals surface area contributed by atoms with E-state index in [1.807, 2.05) is 0 Å². The predicted molar refractivity (Wildman–Crippen MR) is 75.5 cm³/mol. The Kier molecular flexibility index (Phi) is 4.38. The highest BCUT2D eigenvalue weighted by molar-refractivity contribution is 7.92. The Hall–Kier alpha value is -1.80. The summed E-state index contributed by atoms with van der Waals surface area (Å²) >= 11 is 0. The Bertz CT molecular complexity index is 630. The number of nitrogens with two attached hydrogens (primary N) is 1. The van der Waals surface area contributed by atoms with E-state index in [4.69, 9.17) is 20.3 Å². The highest BCUT2D eigenvalue weighted by Gasteiger charge is 2.35. The molecule has 1 heterocycles. The first kappa shape index (κ1) is 15.6. The summed E-state index contributed by atoms with van der Waals surface area (Å²) < 4.78 is 32.9. The molecule has 1 fully saturated rings. The highest BCUT2D eigenvalue weighted by atomic mass is 32.2. The van der Waals surface area contributed by atoms with Gasteiger partial charge < -0.3 is 20.3 Å². The molecule has 2 rings (SSSR count). The molecule has 0 bridgehead atoms. The quantitative estimate of drug-likeness (QED) is 0.759. The smallest absolute Gasteiger partial charge is 0.312 e. The number of benzene rings is 1. The summed E-state index contributed by atoms with van der Waals surface area (Å²) in [5, 5.41) is 9.09. The van der Waals surface area contributed by atoms with E-state index >= 15 is 0 Å². The molecule has 1 aliphatic heterocycles. The molecule has 8 heteroatoms. The predicted octanol–water partition coefficient (Wildman–Crippen LogP) is -0.00210. The highest BCUT2D eigenvalue weighted by Crippen LogP contribution is 2.33. The standard InChI is InChI=1S/C13H17NO6S/c1-19-12-4-8(10(5-14)13(15)16)2-3-11(12)20-9-6-21(17,18)7-9/h2-4,9-10H,5-7,14H2,1H3,(H,15,16). The Labute approximate surface area is 122 Å². The van der Waals surface area contributed by atoms with E-state index < -0.39 is 21.7 Å². The summed E-state index contributed by atoms with van der Waals surface area (Å²) in [4.78, 5) is 11.1. The Morgan fingerprint density at radius 1 is 1.43 bits per heavy atom. The van der Waals surface area contributed by atoms with Crippen molar-refractivity contribution in [3.8, 4) is 11.5 Å². The van der Waals surface area contributed by atoms with Gasteiger partial charge in [-0.2, -0.15) is 0 Å². The largest absolute Gasteiger partial charge is 0.493 e. The summed E-state index contributed by atoms with van der Waals surface area (Å²) in [5.41, 5.74) is 5.97. The molecule has 3 N–H and O–H groups in total. The molecule has 1 unspecified atom stereocenters. The van der Waals surface area contributed by atoms with Crippen molar-refractivity contribution >= 4 is 15.8 Å². The van der Waals surface area contributed by atoms with Crippen molar-refractivity contribution in [3.05, 3.63) is 23.8 Å². The lowest BCUT2D eigenvalue weighted by Crippen LogP contribution is -2.45. The third kappa shape index (κ3) is 3.45. The Morgan fingerprint density at radius 2 is 2.10 bits per heavy atom. The average Bonchev–Trinajstić information content (AvgIpc) is 2.38. The fourth-order valence-electron chi connectivity index (χ4n) is 2.14. The monoisotopic (exact) mass is 315 g/mol. The number of aliphatic carboxylic acids is 1. The molecule has 0 amide bonds. The van der Waals surface area contributed by atoms with Crippen LogP contribution >= 0.6 is 0 Å². The lowest BCUT2D eigenvalue weighted by atomic mass is 9.99. The van der Waals surface area contributed by atoms with Crippen molar-refractivity contribution < 1.29 is 27.8 Å². The topological polar surface area (TPSA) is 116 Å². The van der Waals surface area contributed by atoms with Gasteiger partial charge in [0.1, 0.15) is 6.10 Å². The number of hydrogen-bond donors (Lipinski definition) is 2. The minimum atomic E-state index is -2.97. The first-order valence-electron chi connectivity index (χ1n) is 6.34. The van der Waals surface area contributed by atoms with E-state index in [1.54, 1.807) is 18.2 Å². The second kappa shape index (κ2) is 5.90. The molecule has 0 spiro atoms. The van der Waals surface area contributed by atoms with Crippen LogP contribution in [-0.4, -0.2) is 50.8 Å². The van der Waals surface area contributed by atoms with Gasteiger partial charge in [-0.1, -0.05) is 6.07 Å². The minimum Gasteiger partial charge on any atom is -0.493 e. The van der Waals surface area contributed by atoms with Crippen LogP contribution in [0.3, 0.4) is 0 Å². The molecule has 7 nitrogen and oxygen atoms in total. The molecule has 1 aromatic rings. The summed E-state index contributed by atoms with van der Waals surface area (Å²) in [6, 6.07) is 4.72. The third-order valence-electron chi connectivity index (χ3n) is 3.30. The fraction of sp³-hybridized carbons (Fsp3) is 0.462.